The fraction of sp³-hybridized carbons (Fsp3) is 0.280. The molecule has 3 aromatic rings. The molecule has 9 nitrogen and oxygen atoms in total. The number of ether oxygens (including phenoxy) is 1. The number of esters is 1. The summed E-state index contributed by atoms with van der Waals surface area (Å²) in [5.74, 6) is -0.900. The van der Waals surface area contributed by atoms with E-state index in [-0.39, 0.29) is 20.8 Å². The summed E-state index contributed by atoms with van der Waals surface area (Å²) in [4.78, 5) is 35.0. The molecule has 1 amide bonds. The van der Waals surface area contributed by atoms with Gasteiger partial charge in [0.15, 0.2) is 11.0 Å². The zero-order valence-electron chi connectivity index (χ0n) is 21.1. The van der Waals surface area contributed by atoms with Gasteiger partial charge in [0.1, 0.15) is 6.29 Å². The maximum Gasteiger partial charge on any atom is 0.351 e. The molecule has 2 unspecified atom stereocenters. The zero-order valence-corrected chi connectivity index (χ0v) is 24.3. The Labute approximate surface area is 233 Å². The third kappa shape index (κ3) is 7.56. The zero-order chi connectivity index (χ0) is 28.3. The van der Waals surface area contributed by atoms with Gasteiger partial charge < -0.3 is 14.9 Å². The number of amides is 1. The molecule has 3 rings (SSSR count). The second-order valence-corrected chi connectivity index (χ2v) is 13.3. The maximum absolute atomic E-state index is 13.7. The Kier molecular flexibility index (Phi) is 9.62. The first-order chi connectivity index (χ1) is 17.7. The van der Waals surface area contributed by atoms with Crippen LogP contribution < -0.4 is 9.62 Å². The molecule has 0 radical (unpaired) electrons. The Morgan fingerprint density at radius 2 is 1.74 bits per heavy atom. The lowest BCUT2D eigenvalue weighted by molar-refractivity contribution is -0.159. The number of hydrogen-bond acceptors (Lipinski definition) is 6. The fourth-order valence-electron chi connectivity index (χ4n) is 3.33. The average molecular weight is 601 g/mol. The summed E-state index contributed by atoms with van der Waals surface area (Å²) in [6.07, 6.45) is -0.725. The van der Waals surface area contributed by atoms with Gasteiger partial charge >= 0.3 is 13.6 Å². The first-order valence-corrected chi connectivity index (χ1v) is 14.9. The molecule has 0 aliphatic carbocycles. The van der Waals surface area contributed by atoms with Crippen LogP contribution >= 0.6 is 30.8 Å². The van der Waals surface area contributed by atoms with Gasteiger partial charge in [-0.25, -0.2) is 4.21 Å². The van der Waals surface area contributed by atoms with Crippen molar-refractivity contribution < 1.29 is 32.5 Å². The molecule has 204 valence electrons. The summed E-state index contributed by atoms with van der Waals surface area (Å²) < 4.78 is 37.8. The smallest absolute Gasteiger partial charge is 0.351 e. The molecule has 0 saturated heterocycles. The number of carbonyl (C=O) groups excluding carboxylic acids is 2. The molecule has 0 aromatic heterocycles. The largest absolute Gasteiger partial charge is 0.438 e. The molecule has 0 fully saturated rings. The Balaban J connectivity index is 1.99. The minimum absolute atomic E-state index is 0.181. The number of halogens is 2. The summed E-state index contributed by atoms with van der Waals surface area (Å²) >= 11 is 12.2. The molecule has 13 heteroatoms. The lowest BCUT2D eigenvalue weighted by Gasteiger charge is -2.26. The van der Waals surface area contributed by atoms with E-state index in [1.807, 2.05) is 0 Å². The highest BCUT2D eigenvalue weighted by molar-refractivity contribution is 7.87. The van der Waals surface area contributed by atoms with E-state index in [0.717, 1.165) is 4.31 Å². The first-order valence-electron chi connectivity index (χ1n) is 11.3. The number of nitrogens with zero attached hydrogens (tertiary/aromatic N) is 1. The van der Waals surface area contributed by atoms with Crippen LogP contribution in [-0.4, -0.2) is 41.1 Å². The van der Waals surface area contributed by atoms with Crippen molar-refractivity contribution in [3.63, 3.8) is 0 Å². The summed E-state index contributed by atoms with van der Waals surface area (Å²) in [7, 11) is -5.02. The van der Waals surface area contributed by atoms with Gasteiger partial charge in [-0.2, -0.15) is 0 Å². The van der Waals surface area contributed by atoms with E-state index in [1.54, 1.807) is 57.2 Å². The van der Waals surface area contributed by atoms with Crippen molar-refractivity contribution in [1.82, 2.24) is 5.32 Å². The van der Waals surface area contributed by atoms with E-state index in [9.17, 15) is 23.3 Å². The molecule has 0 spiro atoms. The average Bonchev–Trinajstić information content (AvgIpc) is 2.84. The van der Waals surface area contributed by atoms with Crippen LogP contribution in [0.4, 0.5) is 5.69 Å². The molecule has 0 aliphatic heterocycles. The lowest BCUT2D eigenvalue weighted by atomic mass is 9.98. The normalized spacial score (nSPS) is 14.0. The summed E-state index contributed by atoms with van der Waals surface area (Å²) in [5, 5.41) is 4.30. The maximum atomic E-state index is 13.7. The molecule has 0 saturated carbocycles. The summed E-state index contributed by atoms with van der Waals surface area (Å²) in [6.45, 7) is 4.12. The van der Waals surface area contributed by atoms with E-state index in [1.165, 1.54) is 25.2 Å². The quantitative estimate of drug-likeness (QED) is 0.182. The third-order valence-corrected chi connectivity index (χ3v) is 8.38. The SMILES string of the molecule is CNC(=O)c1cccc2cc(N(CP(=O)(O)OCOC(=O)C(C)(C)C)S(=O)c3cc(Cl)cc(Cl)c3)ccc12. The topological polar surface area (TPSA) is 122 Å². The highest BCUT2D eigenvalue weighted by Gasteiger charge is 2.31. The number of nitrogens with one attached hydrogen (secondary N) is 1. The van der Waals surface area contributed by atoms with Crippen LogP contribution in [0.25, 0.3) is 10.8 Å². The van der Waals surface area contributed by atoms with E-state index in [4.69, 9.17) is 32.5 Å². The second kappa shape index (κ2) is 12.2. The molecule has 38 heavy (non-hydrogen) atoms. The van der Waals surface area contributed by atoms with Crippen LogP contribution in [0.5, 0.6) is 0 Å². The molecule has 0 aliphatic rings. The van der Waals surface area contributed by atoms with E-state index in [0.29, 0.717) is 22.0 Å². The number of hydrogen-bond donors (Lipinski definition) is 2. The van der Waals surface area contributed by atoms with E-state index < -0.39 is 43.0 Å². The fourth-order valence-corrected chi connectivity index (χ4v) is 6.64. The van der Waals surface area contributed by atoms with Gasteiger partial charge in [-0.05, 0) is 67.9 Å². The van der Waals surface area contributed by atoms with Gasteiger partial charge in [0.25, 0.3) is 5.91 Å². The summed E-state index contributed by atoms with van der Waals surface area (Å²) in [6, 6.07) is 14.3. The van der Waals surface area contributed by atoms with E-state index >= 15 is 0 Å². The van der Waals surface area contributed by atoms with Gasteiger partial charge in [0.05, 0.1) is 16.0 Å². The van der Waals surface area contributed by atoms with Crippen LogP contribution in [0.15, 0.2) is 59.5 Å². The minimum Gasteiger partial charge on any atom is -0.438 e. The van der Waals surface area contributed by atoms with E-state index in [2.05, 4.69) is 5.32 Å². The van der Waals surface area contributed by atoms with Gasteiger partial charge in [-0.3, -0.25) is 23.0 Å². The monoisotopic (exact) mass is 600 g/mol. The Morgan fingerprint density at radius 3 is 2.34 bits per heavy atom. The molecule has 2 N–H and O–H groups in total. The molecular weight excluding hydrogens is 574 g/mol. The van der Waals surface area contributed by atoms with Gasteiger partial charge in [0.2, 0.25) is 6.79 Å². The van der Waals surface area contributed by atoms with Crippen molar-refractivity contribution in [2.24, 2.45) is 5.41 Å². The van der Waals surface area contributed by atoms with Gasteiger partial charge in [-0.15, -0.1) is 0 Å². The van der Waals surface area contributed by atoms with Crippen LogP contribution in [0, 0.1) is 5.41 Å². The Morgan fingerprint density at radius 1 is 1.08 bits per heavy atom. The van der Waals surface area contributed by atoms with Crippen LogP contribution in [0.3, 0.4) is 0 Å². The predicted molar refractivity (Wildman–Crippen MR) is 149 cm³/mol. The number of anilines is 1. The molecule has 0 bridgehead atoms. The number of carbonyl (C=O) groups is 2. The second-order valence-electron chi connectivity index (χ2n) is 9.23. The van der Waals surface area contributed by atoms with Crippen LogP contribution in [0.1, 0.15) is 31.1 Å². The highest BCUT2D eigenvalue weighted by atomic mass is 35.5. The molecule has 0 heterocycles. The minimum atomic E-state index is -4.49. The van der Waals surface area contributed by atoms with Gasteiger partial charge in [0, 0.05) is 22.7 Å². The molecular formula is C25H27Cl2N2O7PS. The first kappa shape index (κ1) is 30.1. The van der Waals surface area contributed by atoms with Crippen molar-refractivity contribution in [3.05, 3.63) is 70.2 Å². The van der Waals surface area contributed by atoms with Crippen molar-refractivity contribution in [3.8, 4) is 0 Å². The number of fused-ring (bicyclic) bond motifs is 1. The predicted octanol–water partition coefficient (Wildman–Crippen LogP) is 5.74. The highest BCUT2D eigenvalue weighted by Crippen LogP contribution is 2.45. The van der Waals surface area contributed by atoms with Crippen molar-refractivity contribution in [2.75, 3.05) is 24.4 Å². The lowest BCUT2D eigenvalue weighted by Crippen LogP contribution is -2.28. The number of benzene rings is 3. The summed E-state index contributed by atoms with van der Waals surface area (Å²) in [5.41, 5.74) is -0.103. The van der Waals surface area contributed by atoms with Crippen LogP contribution in [0.2, 0.25) is 10.0 Å². The standard InChI is InChI=1S/C25H27Cl2N2O7PS/c1-25(2,3)24(31)35-15-36-37(32,33)14-29(38(34)20-12-17(26)11-18(27)13-20)19-8-9-21-16(10-19)6-5-7-22(21)23(30)28-4/h5-13H,14-15H2,1-4H3,(H,28,30)(H,32,33). The van der Waals surface area contributed by atoms with Crippen LogP contribution in [-0.2, 0) is 29.6 Å². The molecule has 3 aromatic carbocycles. The number of rotatable bonds is 9. The third-order valence-electron chi connectivity index (χ3n) is 5.23. The van der Waals surface area contributed by atoms with Crippen molar-refractivity contribution in [2.45, 2.75) is 25.7 Å². The van der Waals surface area contributed by atoms with Crippen molar-refractivity contribution in [1.29, 1.82) is 0 Å². The Hall–Kier alpha value is -2.46. The van der Waals surface area contributed by atoms with Crippen molar-refractivity contribution >= 4 is 70.1 Å². The van der Waals surface area contributed by atoms with Gasteiger partial charge in [-0.1, -0.05) is 41.4 Å². The molecule has 2 atom stereocenters. The Bertz CT molecular complexity index is 1420.